The third-order valence-corrected chi connectivity index (χ3v) is 4.14. The molecule has 7 heteroatoms. The highest BCUT2D eigenvalue weighted by atomic mass is 79.9. The van der Waals surface area contributed by atoms with Gasteiger partial charge in [0.2, 0.25) is 5.91 Å². The predicted molar refractivity (Wildman–Crippen MR) is 86.8 cm³/mol. The highest BCUT2D eigenvalue weighted by Gasteiger charge is 2.33. The van der Waals surface area contributed by atoms with Crippen LogP contribution in [0.1, 0.15) is 13.3 Å². The summed E-state index contributed by atoms with van der Waals surface area (Å²) >= 11 is 3.34. The average Bonchev–Trinajstić information content (AvgIpc) is 2.90. The van der Waals surface area contributed by atoms with E-state index in [2.05, 4.69) is 21.2 Å². The Morgan fingerprint density at radius 1 is 1.38 bits per heavy atom. The smallest absolute Gasteiger partial charge is 0.307 e. The van der Waals surface area contributed by atoms with Gasteiger partial charge in [-0.05, 0) is 44.2 Å². The Kier molecular flexibility index (Phi) is 6.64. The normalized spacial score (nSPS) is 19.6. The van der Waals surface area contributed by atoms with E-state index in [-0.39, 0.29) is 30.3 Å². The summed E-state index contributed by atoms with van der Waals surface area (Å²) in [6.45, 7) is 2.88. The number of nitrogens with one attached hydrogen (secondary N) is 1. The summed E-state index contributed by atoms with van der Waals surface area (Å²) in [7, 11) is 0. The van der Waals surface area contributed by atoms with Gasteiger partial charge in [-0.3, -0.25) is 14.5 Å². The van der Waals surface area contributed by atoms with E-state index in [9.17, 15) is 9.59 Å². The van der Waals surface area contributed by atoms with Gasteiger partial charge in [0.15, 0.2) is 0 Å². The number of carboxylic acid groups (broad SMARTS) is 1. The van der Waals surface area contributed by atoms with Crippen molar-refractivity contribution in [3.8, 4) is 0 Å². The number of carbonyl (C=O) groups is 2. The van der Waals surface area contributed by atoms with Crippen molar-refractivity contribution in [2.75, 3.05) is 18.4 Å². The Hall–Kier alpha value is -1.11. The number of nitrogens with zero attached hydrogens (tertiary/aromatic N) is 1. The molecule has 1 heterocycles. The summed E-state index contributed by atoms with van der Waals surface area (Å²) in [5.74, 6) is -1.26. The largest absolute Gasteiger partial charge is 0.481 e. The molecule has 2 rings (SSSR count). The van der Waals surface area contributed by atoms with Crippen molar-refractivity contribution in [1.82, 2.24) is 4.90 Å². The lowest BCUT2D eigenvalue weighted by Crippen LogP contribution is -2.41. The minimum Gasteiger partial charge on any atom is -0.481 e. The van der Waals surface area contributed by atoms with Crippen molar-refractivity contribution >= 4 is 45.9 Å². The average molecular weight is 378 g/mol. The molecule has 0 radical (unpaired) electrons. The molecule has 0 aromatic heterocycles. The first-order valence-corrected chi connectivity index (χ1v) is 7.30. The molecule has 0 aliphatic carbocycles. The Labute approximate surface area is 138 Å². The summed E-state index contributed by atoms with van der Waals surface area (Å²) in [6, 6.07) is 7.02. The maximum Gasteiger partial charge on any atom is 0.307 e. The quantitative estimate of drug-likeness (QED) is 0.846. The zero-order chi connectivity index (χ0) is 14.7. The van der Waals surface area contributed by atoms with Crippen molar-refractivity contribution < 1.29 is 14.7 Å². The molecule has 116 valence electrons. The van der Waals surface area contributed by atoms with Crippen LogP contribution >= 0.6 is 28.3 Å². The molecule has 2 unspecified atom stereocenters. The Balaban J connectivity index is 0.00000220. The first-order chi connectivity index (χ1) is 9.47. The van der Waals surface area contributed by atoms with Crippen LogP contribution in [-0.2, 0) is 9.59 Å². The van der Waals surface area contributed by atoms with Gasteiger partial charge in [0.1, 0.15) is 0 Å². The fraction of sp³-hybridized carbons (Fsp3) is 0.429. The van der Waals surface area contributed by atoms with Gasteiger partial charge in [-0.2, -0.15) is 0 Å². The van der Waals surface area contributed by atoms with Crippen LogP contribution in [0.5, 0.6) is 0 Å². The predicted octanol–water partition coefficient (Wildman–Crippen LogP) is 2.60. The number of halogens is 2. The standard InChI is InChI=1S/C14H17BrN2O3.ClH/c1-9(17-7-6-10(8-17)14(19)20)13(18)16-12-4-2-11(15)3-5-12;/h2-5,9-10H,6-8H2,1H3,(H,16,18)(H,19,20);1H. The van der Waals surface area contributed by atoms with E-state index in [0.29, 0.717) is 19.5 Å². The van der Waals surface area contributed by atoms with Crippen LogP contribution in [0.4, 0.5) is 5.69 Å². The topological polar surface area (TPSA) is 69.6 Å². The molecule has 0 bridgehead atoms. The minimum absolute atomic E-state index is 0. The van der Waals surface area contributed by atoms with E-state index in [1.54, 1.807) is 6.92 Å². The van der Waals surface area contributed by atoms with Crippen molar-refractivity contribution in [3.05, 3.63) is 28.7 Å². The van der Waals surface area contributed by atoms with Gasteiger partial charge in [-0.1, -0.05) is 15.9 Å². The number of benzene rings is 1. The van der Waals surface area contributed by atoms with Crippen LogP contribution in [-0.4, -0.2) is 41.0 Å². The molecule has 2 N–H and O–H groups in total. The molecule has 21 heavy (non-hydrogen) atoms. The van der Waals surface area contributed by atoms with E-state index in [1.165, 1.54) is 0 Å². The van der Waals surface area contributed by atoms with Gasteiger partial charge in [0, 0.05) is 16.7 Å². The number of aliphatic carboxylic acids is 1. The second kappa shape index (κ2) is 7.77. The van der Waals surface area contributed by atoms with E-state index in [1.807, 2.05) is 29.2 Å². The van der Waals surface area contributed by atoms with Crippen LogP contribution < -0.4 is 5.32 Å². The lowest BCUT2D eigenvalue weighted by atomic mass is 10.1. The molecule has 1 aromatic carbocycles. The number of carbonyl (C=O) groups excluding carboxylic acids is 1. The fourth-order valence-electron chi connectivity index (χ4n) is 2.29. The van der Waals surface area contributed by atoms with Gasteiger partial charge < -0.3 is 10.4 Å². The van der Waals surface area contributed by atoms with Crippen molar-refractivity contribution in [2.24, 2.45) is 5.92 Å². The highest BCUT2D eigenvalue weighted by Crippen LogP contribution is 2.20. The van der Waals surface area contributed by atoms with Crippen molar-refractivity contribution in [3.63, 3.8) is 0 Å². The number of hydrogen-bond acceptors (Lipinski definition) is 3. The first-order valence-electron chi connectivity index (χ1n) is 6.50. The first kappa shape index (κ1) is 17.9. The van der Waals surface area contributed by atoms with Crippen LogP contribution in [0.15, 0.2) is 28.7 Å². The summed E-state index contributed by atoms with van der Waals surface area (Å²) < 4.78 is 0.951. The monoisotopic (exact) mass is 376 g/mol. The summed E-state index contributed by atoms with van der Waals surface area (Å²) in [5.41, 5.74) is 0.735. The molecule has 1 saturated heterocycles. The Bertz CT molecular complexity index is 509. The second-order valence-corrected chi connectivity index (χ2v) is 5.91. The fourth-order valence-corrected chi connectivity index (χ4v) is 2.55. The molecular weight excluding hydrogens is 360 g/mol. The molecule has 2 atom stereocenters. The van der Waals surface area contributed by atoms with Crippen LogP contribution in [0.3, 0.4) is 0 Å². The summed E-state index contributed by atoms with van der Waals surface area (Å²) in [5, 5.41) is 11.8. The number of anilines is 1. The van der Waals surface area contributed by atoms with E-state index >= 15 is 0 Å². The molecule has 1 amide bonds. The van der Waals surface area contributed by atoms with E-state index in [4.69, 9.17) is 5.11 Å². The van der Waals surface area contributed by atoms with Crippen molar-refractivity contribution in [1.29, 1.82) is 0 Å². The lowest BCUT2D eigenvalue weighted by Gasteiger charge is -2.23. The molecule has 1 fully saturated rings. The second-order valence-electron chi connectivity index (χ2n) is 4.99. The number of likely N-dealkylation sites (tertiary alicyclic amines) is 1. The van der Waals surface area contributed by atoms with Gasteiger partial charge >= 0.3 is 5.97 Å². The minimum atomic E-state index is -0.784. The SMILES string of the molecule is CC(C(=O)Nc1ccc(Br)cc1)N1CCC(C(=O)O)C1.Cl. The van der Waals surface area contributed by atoms with Crippen LogP contribution in [0.2, 0.25) is 0 Å². The summed E-state index contributed by atoms with van der Waals surface area (Å²) in [6.07, 6.45) is 0.602. The Morgan fingerprint density at radius 3 is 2.52 bits per heavy atom. The molecule has 1 aliphatic rings. The lowest BCUT2D eigenvalue weighted by molar-refractivity contribution is -0.141. The number of amides is 1. The Morgan fingerprint density at radius 2 is 2.00 bits per heavy atom. The van der Waals surface area contributed by atoms with Gasteiger partial charge in [-0.15, -0.1) is 12.4 Å². The van der Waals surface area contributed by atoms with Crippen LogP contribution in [0, 0.1) is 5.92 Å². The third-order valence-electron chi connectivity index (χ3n) is 3.61. The van der Waals surface area contributed by atoms with Crippen LogP contribution in [0.25, 0.3) is 0 Å². The molecular formula is C14H18BrClN2O3. The zero-order valence-electron chi connectivity index (χ0n) is 11.6. The molecule has 0 saturated carbocycles. The highest BCUT2D eigenvalue weighted by molar-refractivity contribution is 9.10. The van der Waals surface area contributed by atoms with Crippen molar-refractivity contribution in [2.45, 2.75) is 19.4 Å². The molecule has 1 aliphatic heterocycles. The number of rotatable bonds is 4. The van der Waals surface area contributed by atoms with Gasteiger partial charge in [0.05, 0.1) is 12.0 Å². The molecule has 5 nitrogen and oxygen atoms in total. The number of hydrogen-bond donors (Lipinski definition) is 2. The molecule has 1 aromatic rings. The van der Waals surface area contributed by atoms with E-state index in [0.717, 1.165) is 10.2 Å². The summed E-state index contributed by atoms with van der Waals surface area (Å²) in [4.78, 5) is 25.0. The van der Waals surface area contributed by atoms with Gasteiger partial charge in [0.25, 0.3) is 0 Å². The maximum absolute atomic E-state index is 12.1. The van der Waals surface area contributed by atoms with Gasteiger partial charge in [-0.25, -0.2) is 0 Å². The zero-order valence-corrected chi connectivity index (χ0v) is 14.0. The number of carboxylic acids is 1. The maximum atomic E-state index is 12.1. The molecule has 0 spiro atoms. The third kappa shape index (κ3) is 4.69. The van der Waals surface area contributed by atoms with E-state index < -0.39 is 5.97 Å².